The van der Waals surface area contributed by atoms with Gasteiger partial charge >= 0.3 is 0 Å². The first-order chi connectivity index (χ1) is 13.0. The van der Waals surface area contributed by atoms with E-state index < -0.39 is 11.5 Å². The van der Waals surface area contributed by atoms with Gasteiger partial charge in [-0.05, 0) is 43.0 Å². The Balaban J connectivity index is 1.72. The highest BCUT2D eigenvalue weighted by Crippen LogP contribution is 2.37. The van der Waals surface area contributed by atoms with Crippen molar-refractivity contribution in [1.82, 2.24) is 4.90 Å². The lowest BCUT2D eigenvalue weighted by molar-refractivity contribution is -0.143. The molecule has 0 bridgehead atoms. The summed E-state index contributed by atoms with van der Waals surface area (Å²) >= 11 is 0. The van der Waals surface area contributed by atoms with E-state index in [1.54, 1.807) is 43.2 Å². The van der Waals surface area contributed by atoms with Gasteiger partial charge in [0, 0.05) is 13.1 Å². The molecule has 1 heterocycles. The Labute approximate surface area is 159 Å². The van der Waals surface area contributed by atoms with Crippen LogP contribution in [-0.2, 0) is 15.0 Å². The molecule has 142 valence electrons. The monoisotopic (exact) mass is 367 g/mol. The highest BCUT2D eigenvalue weighted by atomic mass is 16.5. The number of piperidine rings is 1. The third-order valence-corrected chi connectivity index (χ3v) is 5.59. The summed E-state index contributed by atoms with van der Waals surface area (Å²) in [5.74, 6) is 0.465. The topological polar surface area (TPSA) is 66.8 Å². The van der Waals surface area contributed by atoms with E-state index in [0.717, 1.165) is 5.56 Å². The van der Waals surface area contributed by atoms with Crippen LogP contribution >= 0.6 is 0 Å². The minimum absolute atomic E-state index is 0.122. The molecule has 1 amide bonds. The van der Waals surface area contributed by atoms with Crippen LogP contribution in [0.4, 0.5) is 0 Å². The number of likely N-dealkylation sites (tertiary alicyclic amines) is 1. The molecule has 2 aromatic rings. The van der Waals surface area contributed by atoms with Crippen LogP contribution in [0.15, 0.2) is 54.6 Å². The summed E-state index contributed by atoms with van der Waals surface area (Å²) in [7, 11) is 1.57. The molecule has 1 aliphatic heterocycles. The Morgan fingerprint density at radius 3 is 2.15 bits per heavy atom. The van der Waals surface area contributed by atoms with Crippen LogP contribution < -0.4 is 4.74 Å². The molecular formula is C22H25NO4. The van der Waals surface area contributed by atoms with Crippen molar-refractivity contribution in [3.63, 3.8) is 0 Å². The molecule has 1 atom stereocenters. The summed E-state index contributed by atoms with van der Waals surface area (Å²) < 4.78 is 5.10. The first kappa shape index (κ1) is 19.1. The van der Waals surface area contributed by atoms with Crippen LogP contribution in [0.25, 0.3) is 0 Å². The number of aliphatic hydroxyl groups is 1. The van der Waals surface area contributed by atoms with Gasteiger partial charge in [-0.2, -0.15) is 0 Å². The van der Waals surface area contributed by atoms with Gasteiger partial charge in [-0.1, -0.05) is 42.5 Å². The van der Waals surface area contributed by atoms with Gasteiger partial charge in [0.1, 0.15) is 11.5 Å². The molecule has 1 N–H and O–H groups in total. The first-order valence-electron chi connectivity index (χ1n) is 9.15. The number of nitrogens with zero attached hydrogens (tertiary/aromatic N) is 1. The van der Waals surface area contributed by atoms with Gasteiger partial charge in [0.25, 0.3) is 5.91 Å². The number of carbonyl (C=O) groups excluding carboxylic acids is 2. The number of ether oxygens (including phenoxy) is 1. The van der Waals surface area contributed by atoms with Crippen LogP contribution in [-0.4, -0.2) is 41.9 Å². The normalized spacial score (nSPS) is 17.2. The molecule has 0 saturated carbocycles. The van der Waals surface area contributed by atoms with Gasteiger partial charge in [0.05, 0.1) is 12.5 Å². The van der Waals surface area contributed by atoms with Crippen molar-refractivity contribution in [1.29, 1.82) is 0 Å². The predicted octanol–water partition coefficient (Wildman–Crippen LogP) is 2.88. The molecule has 1 saturated heterocycles. The van der Waals surface area contributed by atoms with Crippen molar-refractivity contribution in [2.24, 2.45) is 0 Å². The van der Waals surface area contributed by atoms with Crippen molar-refractivity contribution in [2.45, 2.75) is 31.3 Å². The summed E-state index contributed by atoms with van der Waals surface area (Å²) in [5.41, 5.74) is 0.982. The number of hydrogen-bond donors (Lipinski definition) is 1. The fraction of sp³-hybridized carbons (Fsp3) is 0.364. The number of carbonyl (C=O) groups is 2. The Bertz CT molecular complexity index is 793. The van der Waals surface area contributed by atoms with E-state index in [4.69, 9.17) is 4.74 Å². The zero-order valence-electron chi connectivity index (χ0n) is 15.7. The van der Waals surface area contributed by atoms with Gasteiger partial charge in [-0.15, -0.1) is 0 Å². The number of rotatable bonds is 5. The van der Waals surface area contributed by atoms with E-state index in [-0.39, 0.29) is 11.7 Å². The van der Waals surface area contributed by atoms with E-state index >= 15 is 0 Å². The van der Waals surface area contributed by atoms with E-state index in [1.165, 1.54) is 0 Å². The summed E-state index contributed by atoms with van der Waals surface area (Å²) in [5, 5.41) is 10.5. The molecule has 27 heavy (non-hydrogen) atoms. The molecule has 5 nitrogen and oxygen atoms in total. The van der Waals surface area contributed by atoms with Crippen molar-refractivity contribution >= 4 is 11.7 Å². The van der Waals surface area contributed by atoms with Gasteiger partial charge in [-0.3, -0.25) is 9.59 Å². The Hall–Kier alpha value is -2.66. The maximum atomic E-state index is 12.7. The minimum atomic E-state index is -1.21. The highest BCUT2D eigenvalue weighted by Gasteiger charge is 2.42. The fourth-order valence-electron chi connectivity index (χ4n) is 3.81. The third-order valence-electron chi connectivity index (χ3n) is 5.59. The standard InChI is InChI=1S/C22H25NO4/c1-16(24)22(18-6-4-3-5-7-18)12-14-23(15-13-22)21(26)20(25)17-8-10-19(27-2)11-9-17/h3-11,20,25H,12-15H2,1-2H3/t20-/m1/s1. The molecule has 1 aliphatic rings. The molecular weight excluding hydrogens is 342 g/mol. The number of benzene rings is 2. The maximum absolute atomic E-state index is 12.7. The Morgan fingerprint density at radius 2 is 1.63 bits per heavy atom. The summed E-state index contributed by atoms with van der Waals surface area (Å²) in [4.78, 5) is 26.8. The van der Waals surface area contributed by atoms with Crippen molar-refractivity contribution in [2.75, 3.05) is 20.2 Å². The van der Waals surface area contributed by atoms with Crippen molar-refractivity contribution in [3.8, 4) is 5.75 Å². The molecule has 0 radical (unpaired) electrons. The number of methoxy groups -OCH3 is 1. The average molecular weight is 367 g/mol. The van der Waals surface area contributed by atoms with Crippen LogP contribution in [0, 0.1) is 0 Å². The van der Waals surface area contributed by atoms with E-state index in [2.05, 4.69) is 0 Å². The molecule has 1 fully saturated rings. The summed E-state index contributed by atoms with van der Waals surface area (Å²) in [6.07, 6.45) is -0.0849. The van der Waals surface area contributed by atoms with Gasteiger partial charge in [0.2, 0.25) is 0 Å². The van der Waals surface area contributed by atoms with Crippen LogP contribution in [0.5, 0.6) is 5.75 Å². The number of Topliss-reactive ketones (excluding diaryl/α,β-unsaturated/α-hetero) is 1. The number of hydrogen-bond acceptors (Lipinski definition) is 4. The molecule has 3 rings (SSSR count). The molecule has 0 aromatic heterocycles. The highest BCUT2D eigenvalue weighted by molar-refractivity contribution is 5.89. The average Bonchev–Trinajstić information content (AvgIpc) is 2.73. The second-order valence-corrected chi connectivity index (χ2v) is 7.01. The second kappa shape index (κ2) is 7.92. The summed E-state index contributed by atoms with van der Waals surface area (Å²) in [6, 6.07) is 16.6. The lowest BCUT2D eigenvalue weighted by Crippen LogP contribution is -2.49. The van der Waals surface area contributed by atoms with Crippen LogP contribution in [0.1, 0.15) is 37.0 Å². The minimum Gasteiger partial charge on any atom is -0.497 e. The lowest BCUT2D eigenvalue weighted by atomic mass is 9.70. The van der Waals surface area contributed by atoms with Gasteiger partial charge < -0.3 is 14.7 Å². The second-order valence-electron chi connectivity index (χ2n) is 7.01. The fourth-order valence-corrected chi connectivity index (χ4v) is 3.81. The largest absolute Gasteiger partial charge is 0.497 e. The van der Waals surface area contributed by atoms with Crippen molar-refractivity contribution < 1.29 is 19.4 Å². The third kappa shape index (κ3) is 3.74. The Morgan fingerprint density at radius 1 is 1.04 bits per heavy atom. The first-order valence-corrected chi connectivity index (χ1v) is 9.15. The molecule has 5 heteroatoms. The Kier molecular flexibility index (Phi) is 5.61. The van der Waals surface area contributed by atoms with E-state index in [9.17, 15) is 14.7 Å². The maximum Gasteiger partial charge on any atom is 0.256 e. The van der Waals surface area contributed by atoms with E-state index in [0.29, 0.717) is 37.2 Å². The van der Waals surface area contributed by atoms with Crippen LogP contribution in [0.3, 0.4) is 0 Å². The zero-order chi connectivity index (χ0) is 19.4. The smallest absolute Gasteiger partial charge is 0.256 e. The molecule has 0 unspecified atom stereocenters. The molecule has 0 aliphatic carbocycles. The summed E-state index contributed by atoms with van der Waals surface area (Å²) in [6.45, 7) is 2.51. The van der Waals surface area contributed by atoms with Crippen molar-refractivity contribution in [3.05, 3.63) is 65.7 Å². The SMILES string of the molecule is COc1ccc([C@@H](O)C(=O)N2CCC(C(C)=O)(c3ccccc3)CC2)cc1. The van der Waals surface area contributed by atoms with Crippen LogP contribution in [0.2, 0.25) is 0 Å². The number of ketones is 1. The predicted molar refractivity (Wildman–Crippen MR) is 103 cm³/mol. The molecule has 0 spiro atoms. The number of aliphatic hydroxyl groups excluding tert-OH is 1. The quantitative estimate of drug-likeness (QED) is 0.882. The van der Waals surface area contributed by atoms with Gasteiger partial charge in [-0.25, -0.2) is 0 Å². The molecule has 2 aromatic carbocycles. The zero-order valence-corrected chi connectivity index (χ0v) is 15.7. The van der Waals surface area contributed by atoms with E-state index in [1.807, 2.05) is 30.3 Å². The van der Waals surface area contributed by atoms with Gasteiger partial charge in [0.15, 0.2) is 6.10 Å². The number of amides is 1. The lowest BCUT2D eigenvalue weighted by Gasteiger charge is -2.41.